The Hall–Kier alpha value is -3.47. The van der Waals surface area contributed by atoms with Crippen molar-refractivity contribution in [2.45, 2.75) is 12.5 Å². The molecule has 1 N–H and O–H groups in total. The maximum atomic E-state index is 13.0. The van der Waals surface area contributed by atoms with Crippen LogP contribution in [0.5, 0.6) is 11.5 Å². The molecule has 5 nitrogen and oxygen atoms in total. The lowest BCUT2D eigenvalue weighted by Gasteiger charge is -2.29. The molecular weight excluding hydrogens is 364 g/mol. The first-order valence-electron chi connectivity index (χ1n) is 9.46. The number of likely N-dealkylation sites (N-methyl/N-ethyl adjacent to an activating group) is 1. The van der Waals surface area contributed by atoms with E-state index in [9.17, 15) is 4.79 Å². The van der Waals surface area contributed by atoms with Crippen LogP contribution in [0.3, 0.4) is 0 Å². The maximum absolute atomic E-state index is 13.0. The quantitative estimate of drug-likeness (QED) is 0.607. The van der Waals surface area contributed by atoms with Crippen LogP contribution in [0.15, 0.2) is 78.9 Å². The molecule has 0 aliphatic carbocycles. The van der Waals surface area contributed by atoms with Crippen LogP contribution in [0, 0.1) is 0 Å². The Kier molecular flexibility index (Phi) is 6.74. The summed E-state index contributed by atoms with van der Waals surface area (Å²) in [5, 5.41) is 2.96. The highest BCUT2D eigenvalue weighted by atomic mass is 16.5. The number of methoxy groups -OCH3 is 2. The van der Waals surface area contributed by atoms with Gasteiger partial charge in [0.1, 0.15) is 11.5 Å². The average molecular weight is 390 g/mol. The Morgan fingerprint density at radius 1 is 0.862 bits per heavy atom. The summed E-state index contributed by atoms with van der Waals surface area (Å²) in [5.74, 6) is 1.54. The molecular formula is C24H26N2O3. The van der Waals surface area contributed by atoms with E-state index in [-0.39, 0.29) is 12.1 Å². The fourth-order valence-electron chi connectivity index (χ4n) is 3.17. The molecule has 0 aliphatic rings. The molecule has 0 unspecified atom stereocenters. The van der Waals surface area contributed by atoms with Gasteiger partial charge in [-0.3, -0.25) is 0 Å². The number of carbonyl (C=O) groups is 1. The molecule has 2 amide bonds. The number of anilines is 1. The highest BCUT2D eigenvalue weighted by Crippen LogP contribution is 2.27. The molecule has 0 saturated carbocycles. The van der Waals surface area contributed by atoms with E-state index < -0.39 is 0 Å². The molecule has 0 aliphatic heterocycles. The van der Waals surface area contributed by atoms with Crippen LogP contribution in [-0.4, -0.2) is 32.2 Å². The van der Waals surface area contributed by atoms with Crippen LogP contribution in [0.4, 0.5) is 10.5 Å². The predicted octanol–water partition coefficient (Wildman–Crippen LogP) is 5.15. The van der Waals surface area contributed by atoms with Gasteiger partial charge in [0.15, 0.2) is 0 Å². The number of nitrogens with zero attached hydrogens (tertiary/aromatic N) is 1. The minimum Gasteiger partial charge on any atom is -0.497 e. The van der Waals surface area contributed by atoms with Crippen LogP contribution in [0.25, 0.3) is 0 Å². The van der Waals surface area contributed by atoms with Gasteiger partial charge in [0.05, 0.1) is 20.3 Å². The summed E-state index contributed by atoms with van der Waals surface area (Å²) in [6, 6.07) is 25.0. The highest BCUT2D eigenvalue weighted by Gasteiger charge is 2.22. The third-order valence-electron chi connectivity index (χ3n) is 4.90. The fraction of sp³-hybridized carbons (Fsp3) is 0.208. The predicted molar refractivity (Wildman–Crippen MR) is 116 cm³/mol. The van der Waals surface area contributed by atoms with Gasteiger partial charge in [0, 0.05) is 12.7 Å². The standard InChI is InChI=1S/C24H26N2O3/c1-26(24(27)25-20-11-15-22(29-3)16-12-20)23(17-18-7-5-4-6-8-18)19-9-13-21(28-2)14-10-19/h4-16,23H,17H2,1-3H3,(H,25,27)/t23-/m0/s1. The molecule has 0 radical (unpaired) electrons. The second-order valence-corrected chi connectivity index (χ2v) is 6.75. The molecule has 0 spiro atoms. The largest absolute Gasteiger partial charge is 0.497 e. The number of ether oxygens (including phenoxy) is 2. The van der Waals surface area contributed by atoms with E-state index >= 15 is 0 Å². The first kappa shape index (κ1) is 20.3. The Bertz CT molecular complexity index is 909. The van der Waals surface area contributed by atoms with Gasteiger partial charge in [-0.15, -0.1) is 0 Å². The number of hydrogen-bond acceptors (Lipinski definition) is 3. The summed E-state index contributed by atoms with van der Waals surface area (Å²) in [6.45, 7) is 0. The van der Waals surface area contributed by atoms with Crippen molar-refractivity contribution < 1.29 is 14.3 Å². The Labute approximate surface area is 171 Å². The van der Waals surface area contributed by atoms with E-state index in [1.807, 2.05) is 73.8 Å². The lowest BCUT2D eigenvalue weighted by molar-refractivity contribution is 0.204. The second-order valence-electron chi connectivity index (χ2n) is 6.75. The molecule has 29 heavy (non-hydrogen) atoms. The summed E-state index contributed by atoms with van der Waals surface area (Å²) in [6.07, 6.45) is 0.708. The zero-order chi connectivity index (χ0) is 20.6. The lowest BCUT2D eigenvalue weighted by Crippen LogP contribution is -2.36. The van der Waals surface area contributed by atoms with Crippen molar-refractivity contribution in [2.24, 2.45) is 0 Å². The van der Waals surface area contributed by atoms with Gasteiger partial charge in [-0.2, -0.15) is 0 Å². The monoisotopic (exact) mass is 390 g/mol. The molecule has 1 atom stereocenters. The van der Waals surface area contributed by atoms with E-state index in [4.69, 9.17) is 9.47 Å². The average Bonchev–Trinajstić information content (AvgIpc) is 2.78. The molecule has 0 aromatic heterocycles. The molecule has 5 heteroatoms. The summed E-state index contributed by atoms with van der Waals surface area (Å²) < 4.78 is 10.4. The van der Waals surface area contributed by atoms with Crippen LogP contribution in [0.2, 0.25) is 0 Å². The Balaban J connectivity index is 1.81. The first-order chi connectivity index (χ1) is 14.1. The molecule has 3 aromatic carbocycles. The number of amides is 2. The smallest absolute Gasteiger partial charge is 0.322 e. The van der Waals surface area contributed by atoms with Gasteiger partial charge in [0.25, 0.3) is 0 Å². The zero-order valence-corrected chi connectivity index (χ0v) is 17.0. The summed E-state index contributed by atoms with van der Waals surface area (Å²) in [4.78, 5) is 14.7. The molecule has 150 valence electrons. The van der Waals surface area contributed by atoms with E-state index in [0.29, 0.717) is 6.42 Å². The number of carbonyl (C=O) groups excluding carboxylic acids is 1. The van der Waals surface area contributed by atoms with Crippen molar-refractivity contribution in [1.82, 2.24) is 4.90 Å². The van der Waals surface area contributed by atoms with Crippen LogP contribution < -0.4 is 14.8 Å². The third-order valence-corrected chi connectivity index (χ3v) is 4.90. The minimum atomic E-state index is -0.174. The van der Waals surface area contributed by atoms with E-state index in [1.54, 1.807) is 19.1 Å². The summed E-state index contributed by atoms with van der Waals surface area (Å²) >= 11 is 0. The zero-order valence-electron chi connectivity index (χ0n) is 17.0. The SMILES string of the molecule is COc1ccc(NC(=O)N(C)[C@@H](Cc2ccccc2)c2ccc(OC)cc2)cc1. The number of urea groups is 1. The van der Waals surface area contributed by atoms with Crippen LogP contribution in [-0.2, 0) is 6.42 Å². The molecule has 0 heterocycles. The number of hydrogen-bond donors (Lipinski definition) is 1. The highest BCUT2D eigenvalue weighted by molar-refractivity contribution is 5.89. The molecule has 3 aromatic rings. The number of benzene rings is 3. The second kappa shape index (κ2) is 9.64. The normalized spacial score (nSPS) is 11.4. The van der Waals surface area contributed by atoms with Gasteiger partial charge in [-0.1, -0.05) is 42.5 Å². The topological polar surface area (TPSA) is 50.8 Å². The molecule has 0 saturated heterocycles. The summed E-state index contributed by atoms with van der Waals surface area (Å²) in [5.41, 5.74) is 2.93. The van der Waals surface area contributed by atoms with Crippen molar-refractivity contribution in [3.63, 3.8) is 0 Å². The third kappa shape index (κ3) is 5.29. The molecule has 0 fully saturated rings. The molecule has 3 rings (SSSR count). The van der Waals surface area contributed by atoms with Gasteiger partial charge in [0.2, 0.25) is 0 Å². The first-order valence-corrected chi connectivity index (χ1v) is 9.46. The lowest BCUT2D eigenvalue weighted by atomic mass is 9.97. The van der Waals surface area contributed by atoms with Gasteiger partial charge >= 0.3 is 6.03 Å². The minimum absolute atomic E-state index is 0.124. The van der Waals surface area contributed by atoms with Gasteiger partial charge in [-0.25, -0.2) is 4.79 Å². The van der Waals surface area contributed by atoms with Gasteiger partial charge < -0.3 is 19.7 Å². The van der Waals surface area contributed by atoms with Crippen molar-refractivity contribution in [2.75, 3.05) is 26.6 Å². The molecule has 0 bridgehead atoms. The van der Waals surface area contributed by atoms with Crippen LogP contribution >= 0.6 is 0 Å². The van der Waals surface area contributed by atoms with E-state index in [2.05, 4.69) is 17.4 Å². The van der Waals surface area contributed by atoms with Gasteiger partial charge in [-0.05, 0) is 53.9 Å². The van der Waals surface area contributed by atoms with E-state index in [0.717, 1.165) is 28.3 Å². The van der Waals surface area contributed by atoms with Crippen molar-refractivity contribution in [3.05, 3.63) is 90.0 Å². The van der Waals surface area contributed by atoms with E-state index in [1.165, 1.54) is 0 Å². The van der Waals surface area contributed by atoms with Crippen molar-refractivity contribution in [1.29, 1.82) is 0 Å². The fourth-order valence-corrected chi connectivity index (χ4v) is 3.17. The summed E-state index contributed by atoms with van der Waals surface area (Å²) in [7, 11) is 5.08. The van der Waals surface area contributed by atoms with Crippen molar-refractivity contribution >= 4 is 11.7 Å². The Morgan fingerprint density at radius 3 is 1.97 bits per heavy atom. The van der Waals surface area contributed by atoms with Crippen LogP contribution in [0.1, 0.15) is 17.2 Å². The number of rotatable bonds is 7. The maximum Gasteiger partial charge on any atom is 0.322 e. The van der Waals surface area contributed by atoms with Crippen molar-refractivity contribution in [3.8, 4) is 11.5 Å². The Morgan fingerprint density at radius 2 is 1.41 bits per heavy atom. The number of nitrogens with one attached hydrogen (secondary N) is 1.